The van der Waals surface area contributed by atoms with Crippen molar-refractivity contribution in [3.05, 3.63) is 34.4 Å². The highest BCUT2D eigenvalue weighted by Gasteiger charge is 2.38. The molecule has 2 rings (SSSR count). The van der Waals surface area contributed by atoms with E-state index in [0.717, 1.165) is 12.2 Å². The second-order valence-corrected chi connectivity index (χ2v) is 5.13. The second kappa shape index (κ2) is 4.94. The Kier molecular flexibility index (Phi) is 3.52. The van der Waals surface area contributed by atoms with Crippen molar-refractivity contribution in [1.82, 2.24) is 4.90 Å². The first kappa shape index (κ1) is 12.8. The molecule has 0 bridgehead atoms. The van der Waals surface area contributed by atoms with E-state index in [1.165, 1.54) is 31.4 Å². The molecule has 0 aliphatic heterocycles. The third-order valence-corrected chi connectivity index (χ3v) is 3.93. The zero-order chi connectivity index (χ0) is 13.2. The van der Waals surface area contributed by atoms with E-state index < -0.39 is 0 Å². The van der Waals surface area contributed by atoms with E-state index in [2.05, 4.69) is 24.3 Å². The molecule has 1 aromatic carbocycles. The Hall–Kier alpha value is -1.62. The Morgan fingerprint density at radius 3 is 2.33 bits per heavy atom. The van der Waals surface area contributed by atoms with Gasteiger partial charge >= 0.3 is 0 Å². The summed E-state index contributed by atoms with van der Waals surface area (Å²) in [7, 11) is 4.22. The fourth-order valence-electron chi connectivity index (χ4n) is 2.33. The minimum Gasteiger partial charge on any atom is -0.383 e. The van der Waals surface area contributed by atoms with Crippen LogP contribution in [-0.2, 0) is 0 Å². The summed E-state index contributed by atoms with van der Waals surface area (Å²) in [6, 6.07) is 6.59. The van der Waals surface area contributed by atoms with Gasteiger partial charge in [0.25, 0.3) is 5.69 Å². The highest BCUT2D eigenvalue weighted by Crippen LogP contribution is 2.36. The predicted molar refractivity (Wildman–Crippen MR) is 71.9 cm³/mol. The summed E-state index contributed by atoms with van der Waals surface area (Å²) in [6.45, 7) is 0.887. The van der Waals surface area contributed by atoms with Gasteiger partial charge in [0, 0.05) is 29.9 Å². The number of non-ortho nitro benzene ring substituents is 1. The van der Waals surface area contributed by atoms with Gasteiger partial charge in [-0.25, -0.2) is 0 Å². The SMILES string of the molecule is CN(C)C1(CNc2ccc([N+](=O)[O-])cc2)CCC1. The lowest BCUT2D eigenvalue weighted by molar-refractivity contribution is -0.384. The summed E-state index contributed by atoms with van der Waals surface area (Å²) in [5.74, 6) is 0. The molecule has 0 atom stereocenters. The first-order valence-corrected chi connectivity index (χ1v) is 6.19. The normalized spacial score (nSPS) is 17.3. The number of likely N-dealkylation sites (N-methyl/N-ethyl adjacent to an activating group) is 1. The minimum absolute atomic E-state index is 0.131. The largest absolute Gasteiger partial charge is 0.383 e. The van der Waals surface area contributed by atoms with Gasteiger partial charge in [0.15, 0.2) is 0 Å². The molecular formula is C13H19N3O2. The zero-order valence-corrected chi connectivity index (χ0v) is 10.8. The highest BCUT2D eigenvalue weighted by molar-refractivity contribution is 5.48. The number of nitro groups is 1. The molecule has 0 amide bonds. The van der Waals surface area contributed by atoms with Crippen molar-refractivity contribution in [1.29, 1.82) is 0 Å². The molecule has 5 heteroatoms. The Bertz CT molecular complexity index is 424. The monoisotopic (exact) mass is 249 g/mol. The van der Waals surface area contributed by atoms with Crippen molar-refractivity contribution in [3.8, 4) is 0 Å². The summed E-state index contributed by atoms with van der Waals surface area (Å²) in [4.78, 5) is 12.4. The van der Waals surface area contributed by atoms with E-state index in [-0.39, 0.29) is 16.1 Å². The van der Waals surface area contributed by atoms with Crippen LogP contribution in [0, 0.1) is 10.1 Å². The van der Waals surface area contributed by atoms with Crippen molar-refractivity contribution >= 4 is 11.4 Å². The van der Waals surface area contributed by atoms with Crippen LogP contribution in [0.15, 0.2) is 24.3 Å². The van der Waals surface area contributed by atoms with Crippen LogP contribution < -0.4 is 5.32 Å². The predicted octanol–water partition coefficient (Wildman–Crippen LogP) is 2.49. The summed E-state index contributed by atoms with van der Waals surface area (Å²) in [6.07, 6.45) is 3.69. The number of anilines is 1. The van der Waals surface area contributed by atoms with Crippen LogP contribution in [0.25, 0.3) is 0 Å². The number of nitrogens with zero attached hydrogens (tertiary/aromatic N) is 2. The summed E-state index contributed by atoms with van der Waals surface area (Å²) in [5.41, 5.74) is 1.32. The molecule has 0 unspecified atom stereocenters. The average Bonchev–Trinajstić information content (AvgIpc) is 2.27. The second-order valence-electron chi connectivity index (χ2n) is 5.13. The zero-order valence-electron chi connectivity index (χ0n) is 10.8. The first-order valence-electron chi connectivity index (χ1n) is 6.19. The molecule has 0 heterocycles. The maximum atomic E-state index is 10.6. The molecular weight excluding hydrogens is 230 g/mol. The number of hydrogen-bond acceptors (Lipinski definition) is 4. The van der Waals surface area contributed by atoms with Crippen molar-refractivity contribution in [3.63, 3.8) is 0 Å². The van der Waals surface area contributed by atoms with Crippen molar-refractivity contribution in [2.45, 2.75) is 24.8 Å². The topological polar surface area (TPSA) is 58.4 Å². The Morgan fingerprint density at radius 2 is 1.94 bits per heavy atom. The van der Waals surface area contributed by atoms with E-state index in [1.807, 2.05) is 0 Å². The van der Waals surface area contributed by atoms with Gasteiger partial charge in [-0.2, -0.15) is 0 Å². The van der Waals surface area contributed by atoms with Gasteiger partial charge in [0.05, 0.1) is 4.92 Å². The fraction of sp³-hybridized carbons (Fsp3) is 0.538. The van der Waals surface area contributed by atoms with Gasteiger partial charge in [-0.1, -0.05) is 0 Å². The third-order valence-electron chi connectivity index (χ3n) is 3.93. The number of hydrogen-bond donors (Lipinski definition) is 1. The van der Waals surface area contributed by atoms with Crippen LogP contribution >= 0.6 is 0 Å². The first-order chi connectivity index (χ1) is 8.53. The Balaban J connectivity index is 1.96. The molecule has 0 radical (unpaired) electrons. The van der Waals surface area contributed by atoms with Gasteiger partial charge in [-0.3, -0.25) is 10.1 Å². The minimum atomic E-state index is -0.378. The van der Waals surface area contributed by atoms with Crippen LogP contribution in [0.3, 0.4) is 0 Å². The summed E-state index contributed by atoms with van der Waals surface area (Å²) >= 11 is 0. The standard InChI is InChI=1S/C13H19N3O2/c1-15(2)13(8-3-9-13)10-14-11-4-6-12(7-5-11)16(17)18/h4-7,14H,3,8-10H2,1-2H3. The quantitative estimate of drug-likeness (QED) is 0.643. The Labute approximate surface area is 107 Å². The summed E-state index contributed by atoms with van der Waals surface area (Å²) < 4.78 is 0. The molecule has 1 N–H and O–H groups in total. The van der Waals surface area contributed by atoms with Crippen molar-refractivity contribution in [2.24, 2.45) is 0 Å². The number of rotatable bonds is 5. The molecule has 0 saturated heterocycles. The van der Waals surface area contributed by atoms with E-state index >= 15 is 0 Å². The number of nitrogens with one attached hydrogen (secondary N) is 1. The van der Waals surface area contributed by atoms with Crippen LogP contribution in [0.1, 0.15) is 19.3 Å². The molecule has 1 saturated carbocycles. The summed E-state index contributed by atoms with van der Waals surface area (Å²) in [5, 5.41) is 13.9. The lowest BCUT2D eigenvalue weighted by Crippen LogP contribution is -2.54. The van der Waals surface area contributed by atoms with Crippen molar-refractivity contribution in [2.75, 3.05) is 26.0 Å². The fourth-order valence-corrected chi connectivity index (χ4v) is 2.33. The molecule has 18 heavy (non-hydrogen) atoms. The van der Waals surface area contributed by atoms with Gasteiger partial charge < -0.3 is 10.2 Å². The third kappa shape index (κ3) is 2.46. The van der Waals surface area contributed by atoms with Crippen molar-refractivity contribution < 1.29 is 4.92 Å². The maximum Gasteiger partial charge on any atom is 0.269 e. The molecule has 1 aliphatic carbocycles. The van der Waals surface area contributed by atoms with E-state index in [0.29, 0.717) is 0 Å². The maximum absolute atomic E-state index is 10.6. The van der Waals surface area contributed by atoms with Crippen LogP contribution in [0.2, 0.25) is 0 Å². The van der Waals surface area contributed by atoms with Gasteiger partial charge in [0.1, 0.15) is 0 Å². The molecule has 0 spiro atoms. The molecule has 1 fully saturated rings. The molecule has 1 aromatic rings. The van der Waals surface area contributed by atoms with Crippen LogP contribution in [0.4, 0.5) is 11.4 Å². The lowest BCUT2D eigenvalue weighted by Gasteiger charge is -2.47. The van der Waals surface area contributed by atoms with E-state index in [1.54, 1.807) is 12.1 Å². The number of nitro benzene ring substituents is 1. The molecule has 5 nitrogen and oxygen atoms in total. The number of benzene rings is 1. The molecule has 1 aliphatic rings. The lowest BCUT2D eigenvalue weighted by atomic mass is 9.75. The van der Waals surface area contributed by atoms with Crippen LogP contribution in [-0.4, -0.2) is 36.0 Å². The average molecular weight is 249 g/mol. The van der Waals surface area contributed by atoms with Gasteiger partial charge in [-0.05, 0) is 45.5 Å². The van der Waals surface area contributed by atoms with E-state index in [4.69, 9.17) is 0 Å². The molecule has 0 aromatic heterocycles. The smallest absolute Gasteiger partial charge is 0.269 e. The van der Waals surface area contributed by atoms with Crippen LogP contribution in [0.5, 0.6) is 0 Å². The van der Waals surface area contributed by atoms with Gasteiger partial charge in [0.2, 0.25) is 0 Å². The highest BCUT2D eigenvalue weighted by atomic mass is 16.6. The van der Waals surface area contributed by atoms with E-state index in [9.17, 15) is 10.1 Å². The molecule has 98 valence electrons. The van der Waals surface area contributed by atoms with Gasteiger partial charge in [-0.15, -0.1) is 0 Å². The Morgan fingerprint density at radius 1 is 1.33 bits per heavy atom.